The van der Waals surface area contributed by atoms with Gasteiger partial charge < -0.3 is 9.47 Å². The third-order valence-corrected chi connectivity index (χ3v) is 5.92. The van der Waals surface area contributed by atoms with Gasteiger partial charge in [-0.2, -0.15) is 0 Å². The van der Waals surface area contributed by atoms with Crippen molar-refractivity contribution in [2.24, 2.45) is 0 Å². The van der Waals surface area contributed by atoms with E-state index in [0.29, 0.717) is 11.3 Å². The maximum absolute atomic E-state index is 13.5. The Bertz CT molecular complexity index is 1340. The number of aromatic nitrogens is 1. The van der Waals surface area contributed by atoms with Crippen molar-refractivity contribution in [3.63, 3.8) is 0 Å². The molecule has 0 saturated heterocycles. The van der Waals surface area contributed by atoms with Crippen molar-refractivity contribution in [2.45, 2.75) is 34.6 Å². The first-order valence-corrected chi connectivity index (χ1v) is 10.6. The highest BCUT2D eigenvalue weighted by Crippen LogP contribution is 2.33. The van der Waals surface area contributed by atoms with Crippen LogP contribution in [0.3, 0.4) is 0 Å². The quantitative estimate of drug-likeness (QED) is 0.271. The molecule has 0 radical (unpaired) electrons. The van der Waals surface area contributed by atoms with Crippen molar-refractivity contribution in [3.05, 3.63) is 88.0 Å². The minimum absolute atomic E-state index is 0.377. The Kier molecular flexibility index (Phi) is 5.70. The number of nitrogens with zero attached hydrogens (tertiary/aromatic N) is 1. The van der Waals surface area contributed by atoms with E-state index in [1.54, 1.807) is 7.11 Å². The average Bonchev–Trinajstić information content (AvgIpc) is 2.76. The van der Waals surface area contributed by atoms with Gasteiger partial charge in [-0.3, -0.25) is 0 Å². The van der Waals surface area contributed by atoms with Gasteiger partial charge in [-0.25, -0.2) is 9.78 Å². The van der Waals surface area contributed by atoms with Gasteiger partial charge >= 0.3 is 5.97 Å². The zero-order chi connectivity index (χ0) is 23.0. The highest BCUT2D eigenvalue weighted by molar-refractivity contribution is 6.08. The molecule has 4 nitrogen and oxygen atoms in total. The zero-order valence-corrected chi connectivity index (χ0v) is 19.4. The molecular weight excluding hydrogens is 398 g/mol. The summed E-state index contributed by atoms with van der Waals surface area (Å²) >= 11 is 0. The van der Waals surface area contributed by atoms with Crippen LogP contribution in [0.15, 0.2) is 54.6 Å². The number of pyridine rings is 1. The molecule has 0 aliphatic rings. The summed E-state index contributed by atoms with van der Waals surface area (Å²) < 4.78 is 11.1. The molecule has 0 bridgehead atoms. The Labute approximate surface area is 188 Å². The summed E-state index contributed by atoms with van der Waals surface area (Å²) in [4.78, 5) is 18.5. The number of carbonyl (C=O) groups is 1. The Balaban J connectivity index is 1.91. The van der Waals surface area contributed by atoms with E-state index < -0.39 is 0 Å². The van der Waals surface area contributed by atoms with Gasteiger partial charge in [0.05, 0.1) is 23.9 Å². The number of hydrogen-bond acceptors (Lipinski definition) is 4. The maximum atomic E-state index is 13.5. The van der Waals surface area contributed by atoms with E-state index in [1.807, 2.05) is 83.1 Å². The van der Waals surface area contributed by atoms with Crippen molar-refractivity contribution in [3.8, 4) is 22.8 Å². The highest BCUT2D eigenvalue weighted by atomic mass is 16.5. The van der Waals surface area contributed by atoms with E-state index in [4.69, 9.17) is 14.5 Å². The summed E-state index contributed by atoms with van der Waals surface area (Å²) in [6, 6.07) is 17.5. The fourth-order valence-corrected chi connectivity index (χ4v) is 4.04. The number of carbonyl (C=O) groups excluding carboxylic acids is 1. The van der Waals surface area contributed by atoms with Gasteiger partial charge in [-0.15, -0.1) is 0 Å². The standard InChI is InChI=1S/C28H27NO3/c1-16-13-19(4)26-24(14-16)25(28(30)32-23-10-7-17(2)18(3)15-23)20(5)27(29-26)21-8-11-22(31-6)12-9-21/h7-15H,1-6H3. The maximum Gasteiger partial charge on any atom is 0.344 e. The van der Waals surface area contributed by atoms with Gasteiger partial charge in [0.1, 0.15) is 11.5 Å². The Hall–Kier alpha value is -3.66. The molecule has 0 unspecified atom stereocenters. The SMILES string of the molecule is COc1ccc(-c2nc3c(C)cc(C)cc3c(C(=O)Oc3ccc(C)c(C)c3)c2C)cc1. The van der Waals surface area contributed by atoms with Crippen molar-refractivity contribution in [1.29, 1.82) is 0 Å². The van der Waals surface area contributed by atoms with Crippen LogP contribution >= 0.6 is 0 Å². The number of benzene rings is 3. The molecule has 3 aromatic carbocycles. The fourth-order valence-electron chi connectivity index (χ4n) is 4.04. The minimum Gasteiger partial charge on any atom is -0.497 e. The van der Waals surface area contributed by atoms with Crippen LogP contribution in [0.1, 0.15) is 38.2 Å². The van der Waals surface area contributed by atoms with E-state index in [9.17, 15) is 4.79 Å². The van der Waals surface area contributed by atoms with Crippen LogP contribution < -0.4 is 9.47 Å². The third kappa shape index (κ3) is 3.96. The summed E-state index contributed by atoms with van der Waals surface area (Å²) in [7, 11) is 1.64. The molecule has 4 rings (SSSR count). The van der Waals surface area contributed by atoms with Gasteiger partial charge in [-0.1, -0.05) is 17.7 Å². The predicted molar refractivity (Wildman–Crippen MR) is 129 cm³/mol. The van der Waals surface area contributed by atoms with Gasteiger partial charge in [0.15, 0.2) is 0 Å². The normalized spacial score (nSPS) is 10.9. The summed E-state index contributed by atoms with van der Waals surface area (Å²) in [6.07, 6.45) is 0. The van der Waals surface area contributed by atoms with Crippen molar-refractivity contribution < 1.29 is 14.3 Å². The zero-order valence-electron chi connectivity index (χ0n) is 19.4. The second-order valence-electron chi connectivity index (χ2n) is 8.30. The molecule has 1 aromatic heterocycles. The van der Waals surface area contributed by atoms with Crippen LogP contribution in [0.5, 0.6) is 11.5 Å². The van der Waals surface area contributed by atoms with Crippen LogP contribution in [-0.4, -0.2) is 18.1 Å². The predicted octanol–water partition coefficient (Wildman–Crippen LogP) is 6.67. The Morgan fingerprint density at radius 1 is 0.781 bits per heavy atom. The van der Waals surface area contributed by atoms with E-state index >= 15 is 0 Å². The summed E-state index contributed by atoms with van der Waals surface area (Å²) in [6.45, 7) is 10.0. The molecule has 32 heavy (non-hydrogen) atoms. The lowest BCUT2D eigenvalue weighted by molar-refractivity contribution is 0.0736. The first kappa shape index (κ1) is 21.6. The first-order valence-electron chi connectivity index (χ1n) is 10.6. The molecule has 0 saturated carbocycles. The second kappa shape index (κ2) is 8.46. The second-order valence-corrected chi connectivity index (χ2v) is 8.30. The van der Waals surface area contributed by atoms with Crippen molar-refractivity contribution in [1.82, 2.24) is 4.98 Å². The lowest BCUT2D eigenvalue weighted by atomic mass is 9.95. The van der Waals surface area contributed by atoms with Gasteiger partial charge in [0.25, 0.3) is 0 Å². The van der Waals surface area contributed by atoms with Crippen LogP contribution in [0, 0.1) is 34.6 Å². The van der Waals surface area contributed by atoms with Crippen LogP contribution in [0.4, 0.5) is 0 Å². The van der Waals surface area contributed by atoms with E-state index in [1.165, 1.54) is 0 Å². The van der Waals surface area contributed by atoms with Crippen LogP contribution in [0.2, 0.25) is 0 Å². The molecule has 0 atom stereocenters. The minimum atomic E-state index is -0.377. The molecule has 4 heteroatoms. The number of ether oxygens (including phenoxy) is 2. The Morgan fingerprint density at radius 2 is 1.47 bits per heavy atom. The van der Waals surface area contributed by atoms with Gasteiger partial charge in [0.2, 0.25) is 0 Å². The molecule has 0 spiro atoms. The number of methoxy groups -OCH3 is 1. The number of rotatable bonds is 4. The molecule has 0 aliphatic heterocycles. The lowest BCUT2D eigenvalue weighted by Crippen LogP contribution is -2.13. The molecule has 1 heterocycles. The van der Waals surface area contributed by atoms with E-state index in [-0.39, 0.29) is 5.97 Å². The van der Waals surface area contributed by atoms with Crippen molar-refractivity contribution in [2.75, 3.05) is 7.11 Å². The van der Waals surface area contributed by atoms with Crippen LogP contribution in [-0.2, 0) is 0 Å². The van der Waals surface area contributed by atoms with E-state index in [2.05, 4.69) is 6.07 Å². The smallest absolute Gasteiger partial charge is 0.344 e. The molecule has 4 aromatic rings. The number of aryl methyl sites for hydroxylation is 4. The highest BCUT2D eigenvalue weighted by Gasteiger charge is 2.22. The molecule has 0 amide bonds. The molecule has 162 valence electrons. The fraction of sp³-hybridized carbons (Fsp3) is 0.214. The topological polar surface area (TPSA) is 48.4 Å². The third-order valence-electron chi connectivity index (χ3n) is 5.92. The number of fused-ring (bicyclic) bond motifs is 1. The van der Waals surface area contributed by atoms with Crippen LogP contribution in [0.25, 0.3) is 22.2 Å². The molecule has 0 aliphatic carbocycles. The summed E-state index contributed by atoms with van der Waals surface area (Å²) in [5, 5.41) is 0.811. The Morgan fingerprint density at radius 3 is 2.12 bits per heavy atom. The molecular formula is C28H27NO3. The lowest BCUT2D eigenvalue weighted by Gasteiger charge is -2.16. The molecule has 0 fully saturated rings. The van der Waals surface area contributed by atoms with E-state index in [0.717, 1.165) is 55.7 Å². The van der Waals surface area contributed by atoms with Crippen molar-refractivity contribution >= 4 is 16.9 Å². The first-order chi connectivity index (χ1) is 15.3. The monoisotopic (exact) mass is 425 g/mol. The number of esters is 1. The molecule has 0 N–H and O–H groups in total. The largest absolute Gasteiger partial charge is 0.497 e. The average molecular weight is 426 g/mol. The van der Waals surface area contributed by atoms with Gasteiger partial charge in [-0.05, 0) is 99.3 Å². The number of hydrogen-bond donors (Lipinski definition) is 0. The van der Waals surface area contributed by atoms with Gasteiger partial charge in [0, 0.05) is 10.9 Å². The summed E-state index contributed by atoms with van der Waals surface area (Å²) in [5.74, 6) is 0.934. The summed E-state index contributed by atoms with van der Waals surface area (Å²) in [5.41, 5.74) is 8.17.